The van der Waals surface area contributed by atoms with Gasteiger partial charge in [-0.1, -0.05) is 41.9 Å². The molecular formula is C23H31ClFIN4O. The van der Waals surface area contributed by atoms with E-state index in [0.29, 0.717) is 22.6 Å². The molecule has 31 heavy (non-hydrogen) atoms. The summed E-state index contributed by atoms with van der Waals surface area (Å²) >= 11 is 6.17. The van der Waals surface area contributed by atoms with Crippen molar-refractivity contribution in [2.45, 2.75) is 38.5 Å². The van der Waals surface area contributed by atoms with Crippen molar-refractivity contribution in [2.75, 3.05) is 26.2 Å². The highest BCUT2D eigenvalue weighted by Crippen LogP contribution is 2.22. The summed E-state index contributed by atoms with van der Waals surface area (Å²) in [6.07, 6.45) is 1.25. The van der Waals surface area contributed by atoms with E-state index < -0.39 is 6.10 Å². The van der Waals surface area contributed by atoms with E-state index in [4.69, 9.17) is 11.6 Å². The van der Waals surface area contributed by atoms with Crippen LogP contribution in [0.2, 0.25) is 5.02 Å². The third kappa shape index (κ3) is 8.21. The van der Waals surface area contributed by atoms with Gasteiger partial charge < -0.3 is 15.7 Å². The minimum absolute atomic E-state index is 0. The molecule has 2 aromatic carbocycles. The van der Waals surface area contributed by atoms with Crippen molar-refractivity contribution >= 4 is 41.5 Å². The summed E-state index contributed by atoms with van der Waals surface area (Å²) in [5, 5.41) is 17.7. The molecule has 2 aromatic rings. The van der Waals surface area contributed by atoms with Gasteiger partial charge in [0.2, 0.25) is 0 Å². The Kier molecular flexibility index (Phi) is 11.0. The Labute approximate surface area is 206 Å². The van der Waals surface area contributed by atoms with E-state index >= 15 is 0 Å². The highest BCUT2D eigenvalue weighted by molar-refractivity contribution is 14.0. The summed E-state index contributed by atoms with van der Waals surface area (Å²) in [7, 11) is 0. The number of hydrogen-bond donors (Lipinski definition) is 3. The van der Waals surface area contributed by atoms with Crippen molar-refractivity contribution in [3.8, 4) is 0 Å². The number of benzene rings is 2. The fourth-order valence-corrected chi connectivity index (χ4v) is 3.88. The molecule has 1 aliphatic heterocycles. The lowest BCUT2D eigenvalue weighted by Crippen LogP contribution is -2.48. The van der Waals surface area contributed by atoms with Gasteiger partial charge in [0, 0.05) is 42.8 Å². The average molecular weight is 561 g/mol. The lowest BCUT2D eigenvalue weighted by Gasteiger charge is -2.33. The molecule has 0 amide bonds. The maximum atomic E-state index is 13.1. The molecule has 5 nitrogen and oxygen atoms in total. The van der Waals surface area contributed by atoms with Crippen molar-refractivity contribution in [2.24, 2.45) is 4.99 Å². The molecule has 0 aliphatic carbocycles. The normalized spacial score (nSPS) is 16.5. The number of halogens is 3. The van der Waals surface area contributed by atoms with E-state index in [0.717, 1.165) is 44.6 Å². The Balaban J connectivity index is 0.00000341. The van der Waals surface area contributed by atoms with Crippen LogP contribution < -0.4 is 10.6 Å². The fraction of sp³-hybridized carbons (Fsp3) is 0.435. The maximum absolute atomic E-state index is 13.1. The van der Waals surface area contributed by atoms with Crippen molar-refractivity contribution in [3.63, 3.8) is 0 Å². The molecule has 0 spiro atoms. The number of hydrogen-bond acceptors (Lipinski definition) is 3. The fourth-order valence-electron chi connectivity index (χ4n) is 3.62. The third-order valence-corrected chi connectivity index (χ3v) is 5.62. The Morgan fingerprint density at radius 1 is 1.19 bits per heavy atom. The van der Waals surface area contributed by atoms with Crippen LogP contribution in [0.3, 0.4) is 0 Å². The van der Waals surface area contributed by atoms with Crippen LogP contribution in [0, 0.1) is 5.82 Å². The summed E-state index contributed by atoms with van der Waals surface area (Å²) in [6, 6.07) is 14.3. The van der Waals surface area contributed by atoms with Crippen LogP contribution in [-0.4, -0.2) is 48.2 Å². The van der Waals surface area contributed by atoms with Crippen LogP contribution in [0.25, 0.3) is 0 Å². The zero-order valence-corrected chi connectivity index (χ0v) is 20.8. The summed E-state index contributed by atoms with van der Waals surface area (Å²) in [4.78, 5) is 6.94. The van der Waals surface area contributed by atoms with E-state index in [9.17, 15) is 9.50 Å². The number of nitrogens with zero attached hydrogens (tertiary/aromatic N) is 2. The first-order valence-corrected chi connectivity index (χ1v) is 10.9. The average Bonchev–Trinajstić information content (AvgIpc) is 2.75. The van der Waals surface area contributed by atoms with Crippen LogP contribution in [0.5, 0.6) is 0 Å². The van der Waals surface area contributed by atoms with Gasteiger partial charge in [-0.15, -0.1) is 24.0 Å². The quantitative estimate of drug-likeness (QED) is 0.268. The van der Waals surface area contributed by atoms with E-state index in [1.807, 2.05) is 37.3 Å². The third-order valence-electron chi connectivity index (χ3n) is 5.28. The highest BCUT2D eigenvalue weighted by Gasteiger charge is 2.20. The zero-order chi connectivity index (χ0) is 21.3. The Morgan fingerprint density at radius 3 is 2.52 bits per heavy atom. The minimum Gasteiger partial charge on any atom is -0.386 e. The molecule has 1 saturated heterocycles. The lowest BCUT2D eigenvalue weighted by atomic mass is 10.0. The first-order chi connectivity index (χ1) is 14.5. The molecule has 3 N–H and O–H groups in total. The Bertz CT molecular complexity index is 829. The highest BCUT2D eigenvalue weighted by atomic mass is 127. The number of piperidine rings is 1. The number of likely N-dealkylation sites (tertiary alicyclic amines) is 1. The van der Waals surface area contributed by atoms with E-state index in [-0.39, 0.29) is 36.3 Å². The predicted molar refractivity (Wildman–Crippen MR) is 136 cm³/mol. The molecule has 0 bridgehead atoms. The van der Waals surface area contributed by atoms with Crippen molar-refractivity contribution in [1.82, 2.24) is 15.5 Å². The van der Waals surface area contributed by atoms with Gasteiger partial charge in [-0.25, -0.2) is 4.39 Å². The van der Waals surface area contributed by atoms with Gasteiger partial charge in [0.25, 0.3) is 0 Å². The number of aliphatic hydroxyl groups excluding tert-OH is 1. The number of rotatable bonds is 7. The summed E-state index contributed by atoms with van der Waals surface area (Å²) in [5.74, 6) is 0.511. The summed E-state index contributed by atoms with van der Waals surface area (Å²) < 4.78 is 13.1. The smallest absolute Gasteiger partial charge is 0.191 e. The van der Waals surface area contributed by atoms with Gasteiger partial charge in [0.05, 0.1) is 6.54 Å². The second kappa shape index (κ2) is 13.2. The van der Waals surface area contributed by atoms with Crippen molar-refractivity contribution in [3.05, 3.63) is 70.5 Å². The first kappa shape index (κ1) is 25.8. The maximum Gasteiger partial charge on any atom is 0.191 e. The van der Waals surface area contributed by atoms with Crippen LogP contribution in [-0.2, 0) is 6.54 Å². The standard InChI is InChI=1S/C23H30ClFN4O.HI/c1-2-26-23(27-15-22(30)20-5-3-4-6-21(20)24)28-19-11-13-29(14-12-19)16-17-7-9-18(25)10-8-17;/h3-10,19,22,30H,2,11-16H2,1H3,(H2,26,27,28);1H. The first-order valence-electron chi connectivity index (χ1n) is 10.5. The van der Waals surface area contributed by atoms with E-state index in [1.54, 1.807) is 6.07 Å². The molecule has 1 atom stereocenters. The molecule has 0 radical (unpaired) electrons. The molecule has 170 valence electrons. The van der Waals surface area contributed by atoms with Gasteiger partial charge >= 0.3 is 0 Å². The Morgan fingerprint density at radius 2 is 1.87 bits per heavy atom. The molecular weight excluding hydrogens is 530 g/mol. The SMILES string of the molecule is CCNC(=NCC(O)c1ccccc1Cl)NC1CCN(Cc2ccc(F)cc2)CC1.I. The van der Waals surface area contributed by atoms with Crippen LogP contribution >= 0.6 is 35.6 Å². The van der Waals surface area contributed by atoms with Gasteiger partial charge in [-0.2, -0.15) is 0 Å². The monoisotopic (exact) mass is 560 g/mol. The second-order valence-electron chi connectivity index (χ2n) is 7.58. The lowest BCUT2D eigenvalue weighted by molar-refractivity contribution is 0.186. The number of aliphatic hydroxyl groups is 1. The van der Waals surface area contributed by atoms with Gasteiger partial charge in [-0.3, -0.25) is 9.89 Å². The van der Waals surface area contributed by atoms with Crippen molar-refractivity contribution in [1.29, 1.82) is 0 Å². The molecule has 1 aliphatic rings. The van der Waals surface area contributed by atoms with E-state index in [2.05, 4.69) is 20.5 Å². The summed E-state index contributed by atoms with van der Waals surface area (Å²) in [5.41, 5.74) is 1.82. The molecule has 0 saturated carbocycles. The number of nitrogens with one attached hydrogen (secondary N) is 2. The molecule has 8 heteroatoms. The van der Waals surface area contributed by atoms with Gasteiger partial charge in [0.1, 0.15) is 11.9 Å². The molecule has 0 aromatic heterocycles. The Hall–Kier alpha value is -1.42. The topological polar surface area (TPSA) is 59.9 Å². The van der Waals surface area contributed by atoms with Crippen molar-refractivity contribution < 1.29 is 9.50 Å². The largest absolute Gasteiger partial charge is 0.386 e. The van der Waals surface area contributed by atoms with Crippen LogP contribution in [0.4, 0.5) is 4.39 Å². The second-order valence-corrected chi connectivity index (χ2v) is 7.99. The minimum atomic E-state index is -0.744. The van der Waals surface area contributed by atoms with E-state index in [1.165, 1.54) is 12.1 Å². The molecule has 1 unspecified atom stereocenters. The van der Waals surface area contributed by atoms with Crippen LogP contribution in [0.15, 0.2) is 53.5 Å². The van der Waals surface area contributed by atoms with Gasteiger partial charge in [0.15, 0.2) is 5.96 Å². The zero-order valence-electron chi connectivity index (χ0n) is 17.7. The van der Waals surface area contributed by atoms with Crippen LogP contribution in [0.1, 0.15) is 37.0 Å². The number of guanidine groups is 1. The molecule has 3 rings (SSSR count). The predicted octanol–water partition coefficient (Wildman–Crippen LogP) is 4.35. The summed E-state index contributed by atoms with van der Waals surface area (Å²) in [6.45, 7) is 5.78. The molecule has 1 fully saturated rings. The number of aliphatic imine (C=N–C) groups is 1. The molecule has 1 heterocycles. The van der Waals surface area contributed by atoms with Gasteiger partial charge in [-0.05, 0) is 43.5 Å².